The van der Waals surface area contributed by atoms with Crippen LogP contribution >= 0.6 is 0 Å². The van der Waals surface area contributed by atoms with Gasteiger partial charge in [-0.3, -0.25) is 4.90 Å². The minimum Gasteiger partial charge on any atom is -0.497 e. The van der Waals surface area contributed by atoms with Gasteiger partial charge in [0, 0.05) is 32.2 Å². The molecule has 2 aromatic carbocycles. The van der Waals surface area contributed by atoms with Crippen LogP contribution in [0.15, 0.2) is 42.5 Å². The van der Waals surface area contributed by atoms with Crippen LogP contribution in [0.1, 0.15) is 31.0 Å². The number of morpholine rings is 1. The minimum atomic E-state index is 0.113. The Labute approximate surface area is 180 Å². The number of methoxy groups -OCH3 is 2. The van der Waals surface area contributed by atoms with Gasteiger partial charge in [0.25, 0.3) is 0 Å². The van der Waals surface area contributed by atoms with Crippen LogP contribution < -0.4 is 19.5 Å². The average Bonchev–Trinajstić information content (AvgIpc) is 2.78. The summed E-state index contributed by atoms with van der Waals surface area (Å²) < 4.78 is 22.2. The van der Waals surface area contributed by atoms with Crippen LogP contribution in [0.5, 0.6) is 17.2 Å². The number of nitrogens with zero attached hydrogens (tertiary/aromatic N) is 1. The number of nitrogens with one attached hydrogen (secondary N) is 1. The zero-order valence-corrected chi connectivity index (χ0v) is 18.5. The first kappa shape index (κ1) is 22.4. The maximum absolute atomic E-state index is 5.82. The maximum Gasteiger partial charge on any atom is 0.161 e. The first-order chi connectivity index (χ1) is 14.6. The van der Waals surface area contributed by atoms with Gasteiger partial charge in [-0.25, -0.2) is 0 Å². The maximum atomic E-state index is 5.82. The van der Waals surface area contributed by atoms with E-state index in [4.69, 9.17) is 18.9 Å². The van der Waals surface area contributed by atoms with Crippen molar-refractivity contribution in [2.75, 3.05) is 47.1 Å². The van der Waals surface area contributed by atoms with E-state index in [-0.39, 0.29) is 12.1 Å². The van der Waals surface area contributed by atoms with Crippen molar-refractivity contribution in [2.45, 2.75) is 32.5 Å². The molecule has 0 saturated carbocycles. The Morgan fingerprint density at radius 1 is 0.967 bits per heavy atom. The molecule has 1 atom stereocenters. The Balaban J connectivity index is 1.66. The van der Waals surface area contributed by atoms with Gasteiger partial charge in [-0.1, -0.05) is 18.2 Å². The third-order valence-corrected chi connectivity index (χ3v) is 5.24. The largest absolute Gasteiger partial charge is 0.497 e. The molecule has 0 aliphatic carbocycles. The molecule has 0 bridgehead atoms. The molecule has 0 aromatic heterocycles. The molecule has 30 heavy (non-hydrogen) atoms. The lowest BCUT2D eigenvalue weighted by atomic mass is 10.0. The molecule has 1 aliphatic heterocycles. The van der Waals surface area contributed by atoms with Crippen molar-refractivity contribution in [3.8, 4) is 17.2 Å². The van der Waals surface area contributed by atoms with E-state index in [0.29, 0.717) is 0 Å². The van der Waals surface area contributed by atoms with Crippen LogP contribution in [0, 0.1) is 0 Å². The quantitative estimate of drug-likeness (QED) is 0.640. The third kappa shape index (κ3) is 6.11. The Hall–Kier alpha value is -2.28. The van der Waals surface area contributed by atoms with Crippen molar-refractivity contribution in [1.82, 2.24) is 10.2 Å². The van der Waals surface area contributed by atoms with Gasteiger partial charge >= 0.3 is 0 Å². The second-order valence-electron chi connectivity index (χ2n) is 7.72. The van der Waals surface area contributed by atoms with Crippen LogP contribution in [-0.2, 0) is 11.3 Å². The highest BCUT2D eigenvalue weighted by Gasteiger charge is 2.22. The van der Waals surface area contributed by atoms with Gasteiger partial charge in [0.2, 0.25) is 0 Å². The Morgan fingerprint density at radius 3 is 2.33 bits per heavy atom. The lowest BCUT2D eigenvalue weighted by Crippen LogP contribution is -2.42. The van der Waals surface area contributed by atoms with Gasteiger partial charge in [0.05, 0.1) is 33.5 Å². The van der Waals surface area contributed by atoms with E-state index in [1.54, 1.807) is 14.2 Å². The van der Waals surface area contributed by atoms with Crippen LogP contribution in [0.2, 0.25) is 0 Å². The van der Waals surface area contributed by atoms with E-state index in [1.165, 1.54) is 11.1 Å². The van der Waals surface area contributed by atoms with Crippen LogP contribution in [0.3, 0.4) is 0 Å². The Bertz CT molecular complexity index is 773. The minimum absolute atomic E-state index is 0.113. The molecule has 0 spiro atoms. The average molecular weight is 415 g/mol. The summed E-state index contributed by atoms with van der Waals surface area (Å²) >= 11 is 0. The zero-order chi connectivity index (χ0) is 21.3. The first-order valence-corrected chi connectivity index (χ1v) is 10.6. The fraction of sp³-hybridized carbons (Fsp3) is 0.500. The molecular weight excluding hydrogens is 380 g/mol. The summed E-state index contributed by atoms with van der Waals surface area (Å²) in [5, 5.41) is 3.63. The van der Waals surface area contributed by atoms with Crippen molar-refractivity contribution in [3.05, 3.63) is 53.6 Å². The van der Waals surface area contributed by atoms with Gasteiger partial charge in [0.15, 0.2) is 11.5 Å². The van der Waals surface area contributed by atoms with Gasteiger partial charge in [-0.05, 0) is 49.2 Å². The predicted octanol–water partition coefficient (Wildman–Crippen LogP) is 3.65. The summed E-state index contributed by atoms with van der Waals surface area (Å²) in [4.78, 5) is 2.48. The van der Waals surface area contributed by atoms with E-state index in [9.17, 15) is 0 Å². The standard InChI is InChI=1S/C24H34N2O4/c1-18(2)30-23-10-5-19(15-24(23)28-4)16-25-17-22(26-11-13-29-14-12-26)20-6-8-21(27-3)9-7-20/h5-10,15,18,22,25H,11-14,16-17H2,1-4H3/t22-/m0/s1. The second-order valence-corrected chi connectivity index (χ2v) is 7.72. The number of hydrogen-bond acceptors (Lipinski definition) is 6. The molecule has 3 rings (SSSR count). The van der Waals surface area contributed by atoms with E-state index in [1.807, 2.05) is 38.1 Å². The summed E-state index contributed by atoms with van der Waals surface area (Å²) in [6, 6.07) is 14.8. The smallest absolute Gasteiger partial charge is 0.161 e. The highest BCUT2D eigenvalue weighted by atomic mass is 16.5. The lowest BCUT2D eigenvalue weighted by Gasteiger charge is -2.35. The van der Waals surface area contributed by atoms with E-state index in [2.05, 4.69) is 28.4 Å². The summed E-state index contributed by atoms with van der Waals surface area (Å²) in [6.07, 6.45) is 0.113. The first-order valence-electron chi connectivity index (χ1n) is 10.6. The molecule has 164 valence electrons. The van der Waals surface area contributed by atoms with E-state index in [0.717, 1.165) is 56.6 Å². The molecule has 1 aliphatic rings. The summed E-state index contributed by atoms with van der Waals surface area (Å²) in [6.45, 7) is 9.07. The van der Waals surface area contributed by atoms with Crippen LogP contribution in [0.4, 0.5) is 0 Å². The molecule has 1 fully saturated rings. The van der Waals surface area contributed by atoms with Crippen LogP contribution in [0.25, 0.3) is 0 Å². The fourth-order valence-corrected chi connectivity index (χ4v) is 3.70. The van der Waals surface area contributed by atoms with Crippen molar-refractivity contribution >= 4 is 0 Å². The fourth-order valence-electron chi connectivity index (χ4n) is 3.70. The van der Waals surface area contributed by atoms with E-state index >= 15 is 0 Å². The molecule has 6 heteroatoms. The topological polar surface area (TPSA) is 52.2 Å². The van der Waals surface area contributed by atoms with Gasteiger partial charge in [-0.2, -0.15) is 0 Å². The van der Waals surface area contributed by atoms with E-state index < -0.39 is 0 Å². The number of benzene rings is 2. The number of ether oxygens (including phenoxy) is 4. The van der Waals surface area contributed by atoms with Gasteiger partial charge in [-0.15, -0.1) is 0 Å². The molecule has 1 saturated heterocycles. The number of hydrogen-bond donors (Lipinski definition) is 1. The highest BCUT2D eigenvalue weighted by Crippen LogP contribution is 2.29. The Morgan fingerprint density at radius 2 is 1.70 bits per heavy atom. The molecular formula is C24H34N2O4. The summed E-state index contributed by atoms with van der Waals surface area (Å²) in [7, 11) is 3.37. The van der Waals surface area contributed by atoms with Gasteiger partial charge in [0.1, 0.15) is 5.75 Å². The van der Waals surface area contributed by atoms with Crippen molar-refractivity contribution < 1.29 is 18.9 Å². The van der Waals surface area contributed by atoms with Crippen molar-refractivity contribution in [2.24, 2.45) is 0 Å². The third-order valence-electron chi connectivity index (χ3n) is 5.24. The molecule has 0 radical (unpaired) electrons. The molecule has 0 unspecified atom stereocenters. The van der Waals surface area contributed by atoms with Crippen molar-refractivity contribution in [3.63, 3.8) is 0 Å². The second kappa shape index (κ2) is 11.2. The molecule has 2 aromatic rings. The molecule has 6 nitrogen and oxygen atoms in total. The van der Waals surface area contributed by atoms with Gasteiger partial charge < -0.3 is 24.3 Å². The molecule has 0 amide bonds. The Kier molecular flexibility index (Phi) is 8.37. The molecule has 1 N–H and O–H groups in total. The lowest BCUT2D eigenvalue weighted by molar-refractivity contribution is 0.0161. The summed E-state index contributed by atoms with van der Waals surface area (Å²) in [5.74, 6) is 2.42. The SMILES string of the molecule is COc1ccc([C@H](CNCc2ccc(OC(C)C)c(OC)c2)N2CCOCC2)cc1. The highest BCUT2D eigenvalue weighted by molar-refractivity contribution is 5.43. The monoisotopic (exact) mass is 414 g/mol. The number of rotatable bonds is 10. The predicted molar refractivity (Wildman–Crippen MR) is 119 cm³/mol. The normalized spacial score (nSPS) is 15.8. The van der Waals surface area contributed by atoms with Crippen LogP contribution in [-0.4, -0.2) is 58.1 Å². The zero-order valence-electron chi connectivity index (χ0n) is 18.5. The summed E-state index contributed by atoms with van der Waals surface area (Å²) in [5.41, 5.74) is 2.45. The molecule has 1 heterocycles. The van der Waals surface area contributed by atoms with Crippen molar-refractivity contribution in [1.29, 1.82) is 0 Å².